The second-order valence-electron chi connectivity index (χ2n) is 8.20. The topological polar surface area (TPSA) is 41.6 Å². The van der Waals surface area contributed by atoms with Gasteiger partial charge in [0.1, 0.15) is 5.60 Å². The number of carbonyl (C=O) groups excluding carboxylic acids is 1. The van der Waals surface area contributed by atoms with Crippen LogP contribution in [-0.2, 0) is 11.2 Å². The van der Waals surface area contributed by atoms with E-state index in [4.69, 9.17) is 16.3 Å². The Morgan fingerprint density at radius 1 is 1.31 bits per heavy atom. The summed E-state index contributed by atoms with van der Waals surface area (Å²) in [6, 6.07) is 8.50. The lowest BCUT2D eigenvalue weighted by Gasteiger charge is -2.39. The average molecular weight is 381 g/mol. The molecule has 1 fully saturated rings. The second-order valence-corrected chi connectivity index (χ2v) is 8.64. The van der Waals surface area contributed by atoms with Gasteiger partial charge in [-0.15, -0.1) is 0 Å². The first-order valence-corrected chi connectivity index (χ1v) is 10.1. The fraction of sp³-hybridized carbons (Fsp3) is 0.667. The molecular formula is C21H33ClN2O2. The first-order chi connectivity index (χ1) is 12.3. The summed E-state index contributed by atoms with van der Waals surface area (Å²) in [5, 5.41) is 4.49. The lowest BCUT2D eigenvalue weighted by molar-refractivity contribution is 0.0126. The Hall–Kier alpha value is -1.26. The fourth-order valence-electron chi connectivity index (χ4n) is 3.51. The number of amides is 1. The quantitative estimate of drug-likeness (QED) is 0.763. The number of nitrogens with one attached hydrogen (secondary N) is 1. The van der Waals surface area contributed by atoms with Crippen molar-refractivity contribution in [3.63, 3.8) is 0 Å². The molecule has 0 bridgehead atoms. The van der Waals surface area contributed by atoms with Crippen LogP contribution in [0.2, 0.25) is 5.02 Å². The number of hydrogen-bond acceptors (Lipinski definition) is 3. The zero-order valence-corrected chi connectivity index (χ0v) is 17.3. The normalized spacial score (nSPS) is 20.9. The van der Waals surface area contributed by atoms with Gasteiger partial charge in [-0.2, -0.15) is 0 Å². The van der Waals surface area contributed by atoms with E-state index in [2.05, 4.69) is 24.4 Å². The number of benzene rings is 1. The van der Waals surface area contributed by atoms with Crippen LogP contribution in [0.5, 0.6) is 0 Å². The van der Waals surface area contributed by atoms with Crippen molar-refractivity contribution in [3.8, 4) is 0 Å². The lowest BCUT2D eigenvalue weighted by atomic mass is 9.88. The maximum Gasteiger partial charge on any atom is 0.410 e. The molecule has 2 rings (SSSR count). The fourth-order valence-corrected chi connectivity index (χ4v) is 3.64. The summed E-state index contributed by atoms with van der Waals surface area (Å²) in [4.78, 5) is 14.2. The van der Waals surface area contributed by atoms with Crippen LogP contribution in [-0.4, -0.2) is 42.3 Å². The van der Waals surface area contributed by atoms with Crippen molar-refractivity contribution in [2.24, 2.45) is 5.92 Å². The molecule has 0 aromatic heterocycles. The number of halogens is 1. The first kappa shape index (κ1) is 21.0. The van der Waals surface area contributed by atoms with Crippen LogP contribution in [0.4, 0.5) is 4.79 Å². The Morgan fingerprint density at radius 2 is 2.00 bits per heavy atom. The smallest absolute Gasteiger partial charge is 0.410 e. The van der Waals surface area contributed by atoms with Crippen molar-refractivity contribution < 1.29 is 9.53 Å². The molecule has 1 aromatic rings. The third kappa shape index (κ3) is 6.81. The van der Waals surface area contributed by atoms with Crippen molar-refractivity contribution in [2.45, 2.75) is 65.0 Å². The molecule has 5 heteroatoms. The molecule has 1 aromatic carbocycles. The number of ether oxygens (including phenoxy) is 1. The van der Waals surface area contributed by atoms with Crippen LogP contribution >= 0.6 is 11.6 Å². The van der Waals surface area contributed by atoms with Crippen molar-refractivity contribution in [1.82, 2.24) is 10.2 Å². The first-order valence-electron chi connectivity index (χ1n) is 9.74. The van der Waals surface area contributed by atoms with Crippen LogP contribution in [0.3, 0.4) is 0 Å². The van der Waals surface area contributed by atoms with Gasteiger partial charge in [0.05, 0.1) is 0 Å². The standard InChI is InChI=1S/C21H33ClN2O2/c1-5-6-17-15-24(20(25)26-21(2,3)4)14-12-19(17)23-13-11-16-7-9-18(22)10-8-16/h7-10,17,19,23H,5-6,11-15H2,1-4H3/t17-,19+/m0/s1. The monoisotopic (exact) mass is 380 g/mol. The van der Waals surface area contributed by atoms with Crippen LogP contribution in [0, 0.1) is 5.92 Å². The molecular weight excluding hydrogens is 348 g/mol. The molecule has 0 radical (unpaired) electrons. The molecule has 1 aliphatic rings. The molecule has 26 heavy (non-hydrogen) atoms. The van der Waals surface area contributed by atoms with Gasteiger partial charge in [-0.1, -0.05) is 37.1 Å². The Morgan fingerprint density at radius 3 is 2.62 bits per heavy atom. The van der Waals surface area contributed by atoms with E-state index in [1.54, 1.807) is 0 Å². The van der Waals surface area contributed by atoms with Crippen molar-refractivity contribution >= 4 is 17.7 Å². The summed E-state index contributed by atoms with van der Waals surface area (Å²) in [5.41, 5.74) is 0.852. The van der Waals surface area contributed by atoms with E-state index in [1.807, 2.05) is 37.8 Å². The SMILES string of the molecule is CCC[C@H]1CN(C(=O)OC(C)(C)C)CC[C@H]1NCCc1ccc(Cl)cc1. The van der Waals surface area contributed by atoms with Crippen LogP contribution in [0.15, 0.2) is 24.3 Å². The van der Waals surface area contributed by atoms with Gasteiger partial charge in [0, 0.05) is 24.2 Å². The van der Waals surface area contributed by atoms with Crippen LogP contribution in [0.25, 0.3) is 0 Å². The Bertz CT molecular complexity index is 568. The molecule has 0 unspecified atom stereocenters. The minimum absolute atomic E-state index is 0.182. The molecule has 1 heterocycles. The van der Waals surface area contributed by atoms with Crippen molar-refractivity contribution in [1.29, 1.82) is 0 Å². The van der Waals surface area contributed by atoms with Gasteiger partial charge in [0.15, 0.2) is 0 Å². The molecule has 0 saturated carbocycles. The number of rotatable bonds is 6. The summed E-state index contributed by atoms with van der Waals surface area (Å²) in [6.45, 7) is 10.4. The summed E-state index contributed by atoms with van der Waals surface area (Å²) >= 11 is 5.94. The number of nitrogens with zero attached hydrogens (tertiary/aromatic N) is 1. The predicted octanol–water partition coefficient (Wildman–Crippen LogP) is 4.90. The molecule has 4 nitrogen and oxygen atoms in total. The van der Waals surface area contributed by atoms with Gasteiger partial charge in [-0.05, 0) is 70.2 Å². The Kier molecular flexibility index (Phi) is 7.78. The van der Waals surface area contributed by atoms with Crippen LogP contribution in [0.1, 0.15) is 52.5 Å². The van der Waals surface area contributed by atoms with Gasteiger partial charge >= 0.3 is 6.09 Å². The Labute approximate surface area is 163 Å². The molecule has 0 aliphatic carbocycles. The van der Waals surface area contributed by atoms with E-state index in [1.165, 1.54) is 5.56 Å². The highest BCUT2D eigenvalue weighted by molar-refractivity contribution is 6.30. The van der Waals surface area contributed by atoms with E-state index in [0.717, 1.165) is 50.3 Å². The number of hydrogen-bond donors (Lipinski definition) is 1. The Balaban J connectivity index is 1.85. The zero-order valence-electron chi connectivity index (χ0n) is 16.6. The van der Waals surface area contributed by atoms with Gasteiger partial charge in [0.25, 0.3) is 0 Å². The minimum Gasteiger partial charge on any atom is -0.444 e. The molecule has 2 atom stereocenters. The average Bonchev–Trinajstić information content (AvgIpc) is 2.56. The summed E-state index contributed by atoms with van der Waals surface area (Å²) in [5.74, 6) is 0.478. The molecule has 0 spiro atoms. The van der Waals surface area contributed by atoms with Crippen LogP contribution < -0.4 is 5.32 Å². The van der Waals surface area contributed by atoms with Crippen molar-refractivity contribution in [3.05, 3.63) is 34.9 Å². The van der Waals surface area contributed by atoms with Crippen molar-refractivity contribution in [2.75, 3.05) is 19.6 Å². The molecule has 1 aliphatic heterocycles. The van der Waals surface area contributed by atoms with Gasteiger partial charge in [-0.25, -0.2) is 4.79 Å². The van der Waals surface area contributed by atoms with E-state index in [0.29, 0.717) is 12.0 Å². The highest BCUT2D eigenvalue weighted by atomic mass is 35.5. The number of likely N-dealkylation sites (tertiary alicyclic amines) is 1. The van der Waals surface area contributed by atoms with E-state index >= 15 is 0 Å². The number of carbonyl (C=O) groups is 1. The van der Waals surface area contributed by atoms with E-state index < -0.39 is 5.60 Å². The molecule has 1 N–H and O–H groups in total. The second kappa shape index (κ2) is 9.61. The highest BCUT2D eigenvalue weighted by Gasteiger charge is 2.32. The summed E-state index contributed by atoms with van der Waals surface area (Å²) < 4.78 is 5.54. The highest BCUT2D eigenvalue weighted by Crippen LogP contribution is 2.23. The van der Waals surface area contributed by atoms with Gasteiger partial charge < -0.3 is 15.0 Å². The predicted molar refractivity (Wildman–Crippen MR) is 108 cm³/mol. The van der Waals surface area contributed by atoms with Gasteiger partial charge in [0.2, 0.25) is 0 Å². The third-order valence-electron chi connectivity index (χ3n) is 4.78. The lowest BCUT2D eigenvalue weighted by Crippen LogP contribution is -2.52. The largest absolute Gasteiger partial charge is 0.444 e. The van der Waals surface area contributed by atoms with Gasteiger partial charge in [-0.3, -0.25) is 0 Å². The molecule has 1 saturated heterocycles. The zero-order chi connectivity index (χ0) is 19.2. The molecule has 146 valence electrons. The minimum atomic E-state index is -0.439. The number of piperidine rings is 1. The maximum absolute atomic E-state index is 12.4. The van der Waals surface area contributed by atoms with E-state index in [9.17, 15) is 4.79 Å². The third-order valence-corrected chi connectivity index (χ3v) is 5.03. The maximum atomic E-state index is 12.4. The van der Waals surface area contributed by atoms with E-state index in [-0.39, 0.29) is 6.09 Å². The molecule has 1 amide bonds. The summed E-state index contributed by atoms with van der Waals surface area (Å²) in [7, 11) is 0. The summed E-state index contributed by atoms with van der Waals surface area (Å²) in [6.07, 6.45) is 4.03.